The molecular weight excluding hydrogens is 996 g/mol. The number of carbonyl (C=O) groups excluding carboxylic acids is 6. The minimum Gasteiger partial charge on any atom is -0.461 e. The third-order valence-electron chi connectivity index (χ3n) is 11.0. The number of carbonyl (C=O) groups is 6. The number of ether oxygens (including phenoxy) is 3. The average Bonchev–Trinajstić information content (AvgIpc) is 3.42. The summed E-state index contributed by atoms with van der Waals surface area (Å²) in [4.78, 5) is 81.5. The van der Waals surface area contributed by atoms with E-state index in [1.807, 2.05) is 48.5 Å². The molecule has 0 aliphatic rings. The Balaban J connectivity index is 1.09. The molecule has 1 heterocycles. The maximum absolute atomic E-state index is 14.4. The minimum atomic E-state index is -4.28. The van der Waals surface area contributed by atoms with Crippen molar-refractivity contribution in [3.63, 3.8) is 0 Å². The van der Waals surface area contributed by atoms with E-state index in [2.05, 4.69) is 26.0 Å². The van der Waals surface area contributed by atoms with Crippen LogP contribution in [-0.4, -0.2) is 72.4 Å². The summed E-state index contributed by atoms with van der Waals surface area (Å²) in [5, 5.41) is 10.7. The average molecular weight is 1060 g/mol. The summed E-state index contributed by atoms with van der Waals surface area (Å²) >= 11 is 5.72. The van der Waals surface area contributed by atoms with Crippen molar-refractivity contribution in [2.75, 3.05) is 19.7 Å². The highest BCUT2D eigenvalue weighted by molar-refractivity contribution is 7.51. The molecule has 5 aromatic rings. The fourth-order valence-electron chi connectivity index (χ4n) is 6.96. The number of hydrogen-bond donors (Lipinski definition) is 4. The molecule has 0 fully saturated rings. The molecular formula is C54H62ClFN5O12P. The first-order chi connectivity index (χ1) is 35.9. The van der Waals surface area contributed by atoms with Crippen LogP contribution in [0.25, 0.3) is 0 Å². The van der Waals surface area contributed by atoms with Gasteiger partial charge in [0.1, 0.15) is 31.9 Å². The van der Waals surface area contributed by atoms with Gasteiger partial charge in [-0.1, -0.05) is 139 Å². The predicted octanol–water partition coefficient (Wildman–Crippen LogP) is 8.64. The van der Waals surface area contributed by atoms with Crippen molar-refractivity contribution in [3.8, 4) is 0 Å². The zero-order valence-electron chi connectivity index (χ0n) is 40.9. The predicted molar refractivity (Wildman–Crippen MR) is 273 cm³/mol. The number of benzene rings is 4. The fourth-order valence-corrected chi connectivity index (χ4v) is 8.65. The Morgan fingerprint density at radius 1 is 0.568 bits per heavy atom. The van der Waals surface area contributed by atoms with Crippen LogP contribution in [-0.2, 0) is 78.2 Å². The summed E-state index contributed by atoms with van der Waals surface area (Å²) in [7, 11) is -4.28. The van der Waals surface area contributed by atoms with E-state index in [9.17, 15) is 37.7 Å². The van der Waals surface area contributed by atoms with Crippen LogP contribution in [0.4, 0.5) is 4.39 Å². The second-order valence-corrected chi connectivity index (χ2v) is 19.1. The summed E-state index contributed by atoms with van der Waals surface area (Å²) in [5.74, 6) is -4.21. The van der Waals surface area contributed by atoms with Crippen LogP contribution >= 0.6 is 19.3 Å². The van der Waals surface area contributed by atoms with E-state index in [1.54, 1.807) is 72.8 Å². The van der Waals surface area contributed by atoms with Gasteiger partial charge in [0, 0.05) is 38.5 Å². The number of pyridine rings is 1. The van der Waals surface area contributed by atoms with E-state index >= 15 is 0 Å². The number of halogens is 2. The van der Waals surface area contributed by atoms with Gasteiger partial charge in [0.05, 0.1) is 23.8 Å². The minimum absolute atomic E-state index is 0.0329. The van der Waals surface area contributed by atoms with Gasteiger partial charge in [-0.05, 0) is 66.8 Å². The maximum atomic E-state index is 14.4. The Morgan fingerprint density at radius 2 is 1.08 bits per heavy atom. The van der Waals surface area contributed by atoms with E-state index in [1.165, 1.54) is 6.07 Å². The third-order valence-corrected chi connectivity index (χ3v) is 12.9. The quantitative estimate of drug-likeness (QED) is 0.0101. The summed E-state index contributed by atoms with van der Waals surface area (Å²) < 4.78 is 56.0. The van der Waals surface area contributed by atoms with Crippen molar-refractivity contribution in [1.29, 1.82) is 0 Å². The van der Waals surface area contributed by atoms with Gasteiger partial charge in [-0.25, -0.2) is 19.4 Å². The van der Waals surface area contributed by atoms with Crippen molar-refractivity contribution < 1.29 is 61.0 Å². The van der Waals surface area contributed by atoms with E-state index in [-0.39, 0.29) is 88.2 Å². The monoisotopic (exact) mass is 1060 g/mol. The SMILES string of the molecule is O=C(CCC(NC(=O)CCCCCNC(=O)c1cnc(F)c(Cl)c1)C(=O)OCc1ccccc1)NCCCCOP(=O)(NC(CCC(=O)OCc1ccccc1)C(=O)OCc1ccccc1)OCc1ccccc1. The molecule has 4 N–H and O–H groups in total. The normalized spacial score (nSPS) is 12.6. The van der Waals surface area contributed by atoms with Gasteiger partial charge < -0.3 is 30.2 Å². The van der Waals surface area contributed by atoms with Gasteiger partial charge in [-0.15, -0.1) is 0 Å². The van der Waals surface area contributed by atoms with E-state index < -0.39 is 55.5 Å². The van der Waals surface area contributed by atoms with E-state index in [0.29, 0.717) is 44.2 Å². The van der Waals surface area contributed by atoms with Crippen molar-refractivity contribution in [1.82, 2.24) is 26.0 Å². The molecule has 0 bridgehead atoms. The second kappa shape index (κ2) is 32.4. The van der Waals surface area contributed by atoms with Crippen LogP contribution in [0, 0.1) is 5.95 Å². The topological polar surface area (TPSA) is 227 Å². The van der Waals surface area contributed by atoms with Crippen molar-refractivity contribution >= 4 is 55.0 Å². The fraction of sp³-hybridized carbons (Fsp3) is 0.352. The van der Waals surface area contributed by atoms with E-state index in [0.717, 1.165) is 22.9 Å². The Kier molecular flexibility index (Phi) is 25.4. The molecule has 17 nitrogen and oxygen atoms in total. The summed E-state index contributed by atoms with van der Waals surface area (Å²) in [5.41, 5.74) is 3.05. The molecule has 0 aliphatic carbocycles. The zero-order chi connectivity index (χ0) is 52.8. The van der Waals surface area contributed by atoms with Gasteiger partial charge >= 0.3 is 25.7 Å². The third kappa shape index (κ3) is 22.5. The van der Waals surface area contributed by atoms with Gasteiger partial charge in [-0.3, -0.25) is 33.0 Å². The van der Waals surface area contributed by atoms with Gasteiger partial charge in [0.15, 0.2) is 0 Å². The molecule has 3 atom stereocenters. The number of rotatable bonds is 33. The number of nitrogens with one attached hydrogen (secondary N) is 4. The van der Waals surface area contributed by atoms with Crippen molar-refractivity contribution in [3.05, 3.63) is 172 Å². The second-order valence-electron chi connectivity index (χ2n) is 16.9. The van der Waals surface area contributed by atoms with Gasteiger partial charge in [0.25, 0.3) is 5.91 Å². The number of aromatic nitrogens is 1. The maximum Gasteiger partial charge on any atom is 0.406 e. The first-order valence-corrected chi connectivity index (χ1v) is 26.2. The number of amides is 3. The first-order valence-electron chi connectivity index (χ1n) is 24.3. The van der Waals surface area contributed by atoms with Gasteiger partial charge in [-0.2, -0.15) is 4.39 Å². The standard InChI is InChI=1S/C54H62ClFN5O12P/c55-45-34-44(35-59-51(45)56)52(65)58-32-15-5-14-26-49(63)60-46(53(66)70-37-41-20-8-2-9-21-41)27-29-48(62)57-31-16-17-33-72-74(68,73-39-43-24-12-4-13-25-43)61-47(54(67)71-38-42-22-10-3-11-23-42)28-30-50(64)69-36-40-18-6-1-7-19-40/h1-4,6-13,18-25,34-35,46-47H,5,14-17,26-33,36-39H2,(H,57,62)(H,58,65)(H,60,63)(H,61,68). The highest BCUT2D eigenvalue weighted by Crippen LogP contribution is 2.46. The lowest BCUT2D eigenvalue weighted by Gasteiger charge is -2.24. The summed E-state index contributed by atoms with van der Waals surface area (Å²) in [6.45, 7) is 0.161. The largest absolute Gasteiger partial charge is 0.461 e. The molecule has 0 radical (unpaired) electrons. The Hall–Kier alpha value is -6.82. The molecule has 3 unspecified atom stereocenters. The molecule has 0 aliphatic heterocycles. The molecule has 0 spiro atoms. The summed E-state index contributed by atoms with van der Waals surface area (Å²) in [6, 6.07) is 34.8. The Morgan fingerprint density at radius 3 is 1.66 bits per heavy atom. The molecule has 4 aromatic carbocycles. The Bertz CT molecular complexity index is 2590. The number of nitrogens with zero attached hydrogens (tertiary/aromatic N) is 1. The van der Waals surface area contributed by atoms with E-state index in [4.69, 9.17) is 34.9 Å². The van der Waals surface area contributed by atoms with Crippen LogP contribution in [0.3, 0.4) is 0 Å². The summed E-state index contributed by atoms with van der Waals surface area (Å²) in [6.07, 6.45) is 2.85. The van der Waals surface area contributed by atoms with Crippen LogP contribution in [0.1, 0.15) is 96.8 Å². The van der Waals surface area contributed by atoms with Crippen LogP contribution in [0.5, 0.6) is 0 Å². The molecule has 394 valence electrons. The van der Waals surface area contributed by atoms with Crippen LogP contribution in [0.15, 0.2) is 134 Å². The smallest absolute Gasteiger partial charge is 0.406 e. The lowest BCUT2D eigenvalue weighted by molar-refractivity contribution is -0.150. The van der Waals surface area contributed by atoms with Crippen LogP contribution in [0.2, 0.25) is 5.02 Å². The molecule has 1 aromatic heterocycles. The molecule has 5 rings (SSSR count). The lowest BCUT2D eigenvalue weighted by Crippen LogP contribution is -2.42. The molecule has 0 saturated heterocycles. The molecule has 20 heteroatoms. The van der Waals surface area contributed by atoms with Crippen molar-refractivity contribution in [2.45, 2.75) is 103 Å². The highest BCUT2D eigenvalue weighted by Gasteiger charge is 2.34. The highest BCUT2D eigenvalue weighted by atomic mass is 35.5. The van der Waals surface area contributed by atoms with Crippen LogP contribution < -0.4 is 21.0 Å². The zero-order valence-corrected chi connectivity index (χ0v) is 42.6. The molecule has 74 heavy (non-hydrogen) atoms. The number of esters is 3. The van der Waals surface area contributed by atoms with Gasteiger partial charge in [0.2, 0.25) is 17.8 Å². The first kappa shape index (κ1) is 58.1. The molecule has 3 amide bonds. The Labute approximate surface area is 435 Å². The number of unbranched alkanes of at least 4 members (excludes halogenated alkanes) is 3. The molecule has 0 saturated carbocycles. The van der Waals surface area contributed by atoms with Crippen molar-refractivity contribution in [2.24, 2.45) is 0 Å². The number of hydrogen-bond acceptors (Lipinski definition) is 13. The lowest BCUT2D eigenvalue weighted by atomic mass is 10.1.